The van der Waals surface area contributed by atoms with Gasteiger partial charge in [-0.15, -0.1) is 24.9 Å². The fourth-order valence-electron chi connectivity index (χ4n) is 7.62. The molecule has 3 fully saturated rings. The van der Waals surface area contributed by atoms with Gasteiger partial charge in [0.15, 0.2) is 0 Å². The molecule has 8 heteroatoms. The van der Waals surface area contributed by atoms with Crippen molar-refractivity contribution >= 4 is 40.9 Å². The average Bonchev–Trinajstić information content (AvgIpc) is 3.58. The highest BCUT2D eigenvalue weighted by Crippen LogP contribution is 2.69. The maximum Gasteiger partial charge on any atom is 0.251 e. The van der Waals surface area contributed by atoms with Crippen molar-refractivity contribution in [3.8, 4) is 0 Å². The van der Waals surface area contributed by atoms with Crippen LogP contribution in [0.25, 0.3) is 0 Å². The lowest BCUT2D eigenvalue weighted by Gasteiger charge is -2.42. The summed E-state index contributed by atoms with van der Waals surface area (Å²) in [6.07, 6.45) is 4.14. The van der Waals surface area contributed by atoms with Gasteiger partial charge in [-0.25, -0.2) is 0 Å². The molecule has 1 N–H and O–H groups in total. The lowest BCUT2D eigenvalue weighted by molar-refractivity contribution is -0.141. The van der Waals surface area contributed by atoms with E-state index in [0.717, 1.165) is 28.9 Å². The molecular weight excluding hydrogens is 546 g/mol. The number of hydrogen-bond acceptors (Lipinski definition) is 5. The minimum absolute atomic E-state index is 0.0171. The lowest BCUT2D eigenvalue weighted by atomic mass is 9.65. The second-order valence-corrected chi connectivity index (χ2v) is 13.4. The predicted molar refractivity (Wildman–Crippen MR) is 170 cm³/mol. The quantitative estimate of drug-likeness (QED) is 0.406. The summed E-state index contributed by atoms with van der Waals surface area (Å²) in [5.74, 6) is -1.77. The van der Waals surface area contributed by atoms with Gasteiger partial charge >= 0.3 is 0 Å². The van der Waals surface area contributed by atoms with E-state index in [-0.39, 0.29) is 42.0 Å². The zero-order valence-electron chi connectivity index (χ0n) is 24.9. The van der Waals surface area contributed by atoms with Crippen LogP contribution in [-0.2, 0) is 14.4 Å². The Labute approximate surface area is 253 Å². The van der Waals surface area contributed by atoms with Crippen molar-refractivity contribution in [3.05, 3.63) is 85.0 Å². The smallest absolute Gasteiger partial charge is 0.251 e. The Hall–Kier alpha value is -3.36. The molecule has 3 heterocycles. The Morgan fingerprint density at radius 2 is 1.67 bits per heavy atom. The fraction of sp³-hybridized carbons (Fsp3) is 0.441. The molecule has 3 unspecified atom stereocenters. The van der Waals surface area contributed by atoms with Crippen molar-refractivity contribution in [1.29, 1.82) is 0 Å². The van der Waals surface area contributed by atoms with Gasteiger partial charge in [0.05, 0.1) is 29.2 Å². The van der Waals surface area contributed by atoms with Gasteiger partial charge in [-0.2, -0.15) is 0 Å². The second-order valence-electron chi connectivity index (χ2n) is 11.9. The molecule has 42 heavy (non-hydrogen) atoms. The first kappa shape index (κ1) is 30.1. The van der Waals surface area contributed by atoms with Gasteiger partial charge in [-0.3, -0.25) is 14.4 Å². The van der Waals surface area contributed by atoms with Crippen LogP contribution in [0.2, 0.25) is 0 Å². The topological polar surface area (TPSA) is 81.2 Å². The van der Waals surface area contributed by atoms with Crippen LogP contribution in [0.5, 0.6) is 0 Å². The highest BCUT2D eigenvalue weighted by molar-refractivity contribution is 8.02. The number of aryl methyl sites for hydroxylation is 2. The maximum atomic E-state index is 14.9. The van der Waals surface area contributed by atoms with E-state index in [1.54, 1.807) is 45.5 Å². The molecule has 2 bridgehead atoms. The summed E-state index contributed by atoms with van der Waals surface area (Å²) in [5.41, 5.74) is 3.48. The summed E-state index contributed by atoms with van der Waals surface area (Å²) in [6, 6.07) is 14.0. The van der Waals surface area contributed by atoms with Crippen LogP contribution in [0.15, 0.2) is 73.8 Å². The molecule has 1 spiro atoms. The fourth-order valence-corrected chi connectivity index (χ4v) is 10.0. The molecule has 3 saturated heterocycles. The minimum atomic E-state index is -0.830. The molecule has 2 aromatic carbocycles. The van der Waals surface area contributed by atoms with Crippen molar-refractivity contribution in [2.75, 3.05) is 29.5 Å². The summed E-state index contributed by atoms with van der Waals surface area (Å²) in [6.45, 7) is 16.0. The van der Waals surface area contributed by atoms with E-state index < -0.39 is 28.7 Å². The molecule has 7 atom stereocenters. The predicted octanol–water partition coefficient (Wildman–Crippen LogP) is 4.76. The first-order chi connectivity index (χ1) is 20.1. The molecule has 0 radical (unpaired) electrons. The Bertz CT molecular complexity index is 1380. The number of anilines is 2. The van der Waals surface area contributed by atoms with Crippen LogP contribution in [-0.4, -0.2) is 69.5 Å². The Morgan fingerprint density at radius 3 is 2.26 bits per heavy atom. The number of benzene rings is 2. The molecule has 0 aliphatic carbocycles. The van der Waals surface area contributed by atoms with Crippen LogP contribution >= 0.6 is 11.8 Å². The van der Waals surface area contributed by atoms with Crippen LogP contribution in [0.3, 0.4) is 0 Å². The SMILES string of the molecule is C=CCN(C(=O)[C@@H]1[C@@H]2CC(C)C3(S2)C(C(=O)N(CC=C)c2c(C)cccc2C)N([C@H](C)CO)C(=O)[C@H]13)c1ccccc1. The Kier molecular flexibility index (Phi) is 8.41. The standard InChI is InChI=1S/C34H41N3O4S/c1-7-17-35(25-15-10-9-11-16-25)31(39)27-26-19-23(5)34(42-26)28(27)32(40)37(24(6)20-38)30(34)33(41)36(18-8-2)29-21(3)13-12-14-22(29)4/h7-16,23-24,26-28,30,38H,1-2,17-20H2,3-6H3/t23?,24-,26+,27-,28+,30?,34?/m1/s1. The van der Waals surface area contributed by atoms with E-state index >= 15 is 0 Å². The molecule has 0 aromatic heterocycles. The monoisotopic (exact) mass is 587 g/mol. The number of carbonyl (C=O) groups excluding carboxylic acids is 3. The highest BCUT2D eigenvalue weighted by Gasteiger charge is 2.77. The number of aliphatic hydroxyl groups excluding tert-OH is 1. The van der Waals surface area contributed by atoms with Gasteiger partial charge in [0.2, 0.25) is 11.8 Å². The number of aliphatic hydroxyl groups is 1. The number of para-hydroxylation sites is 2. The van der Waals surface area contributed by atoms with Gasteiger partial charge in [0, 0.05) is 29.7 Å². The number of rotatable bonds is 10. The normalized spacial score (nSPS) is 28.4. The van der Waals surface area contributed by atoms with E-state index in [0.29, 0.717) is 6.54 Å². The Morgan fingerprint density at radius 1 is 1.05 bits per heavy atom. The molecular formula is C34H41N3O4S. The van der Waals surface area contributed by atoms with E-state index in [4.69, 9.17) is 0 Å². The summed E-state index contributed by atoms with van der Waals surface area (Å²) in [7, 11) is 0. The minimum Gasteiger partial charge on any atom is -0.394 e. The van der Waals surface area contributed by atoms with E-state index in [1.165, 1.54) is 0 Å². The van der Waals surface area contributed by atoms with Gasteiger partial charge < -0.3 is 19.8 Å². The molecule has 3 aliphatic heterocycles. The molecule has 2 aromatic rings. The van der Waals surface area contributed by atoms with Crippen molar-refractivity contribution in [1.82, 2.24) is 4.90 Å². The zero-order chi connectivity index (χ0) is 30.3. The molecule has 3 amide bonds. The first-order valence-corrected chi connectivity index (χ1v) is 15.6. The summed E-state index contributed by atoms with van der Waals surface area (Å²) in [4.78, 5) is 48.9. The van der Waals surface area contributed by atoms with Crippen molar-refractivity contribution in [2.24, 2.45) is 17.8 Å². The van der Waals surface area contributed by atoms with E-state index in [2.05, 4.69) is 20.1 Å². The van der Waals surface area contributed by atoms with Crippen LogP contribution in [0.4, 0.5) is 11.4 Å². The van der Waals surface area contributed by atoms with Crippen LogP contribution in [0, 0.1) is 31.6 Å². The number of thioether (sulfide) groups is 1. The molecule has 0 saturated carbocycles. The third-order valence-electron chi connectivity index (χ3n) is 9.37. The van der Waals surface area contributed by atoms with E-state index in [1.807, 2.05) is 62.4 Å². The summed E-state index contributed by atoms with van der Waals surface area (Å²) < 4.78 is -0.796. The molecule has 222 valence electrons. The highest BCUT2D eigenvalue weighted by atomic mass is 32.2. The Balaban J connectivity index is 1.63. The first-order valence-electron chi connectivity index (χ1n) is 14.7. The third kappa shape index (κ3) is 4.51. The molecule has 7 nitrogen and oxygen atoms in total. The number of carbonyl (C=O) groups is 3. The number of nitrogens with zero attached hydrogens (tertiary/aromatic N) is 3. The number of amides is 3. The second kappa shape index (κ2) is 11.7. The average molecular weight is 588 g/mol. The van der Waals surface area contributed by atoms with Gasteiger partial charge in [-0.1, -0.05) is 55.5 Å². The third-order valence-corrected chi connectivity index (χ3v) is 11.5. The van der Waals surface area contributed by atoms with Crippen LogP contribution < -0.4 is 9.80 Å². The van der Waals surface area contributed by atoms with Gasteiger partial charge in [-0.05, 0) is 56.4 Å². The number of fused-ring (bicyclic) bond motifs is 1. The van der Waals surface area contributed by atoms with E-state index in [9.17, 15) is 19.5 Å². The molecule has 3 aliphatic rings. The number of hydrogen-bond donors (Lipinski definition) is 1. The van der Waals surface area contributed by atoms with Gasteiger partial charge in [0.25, 0.3) is 5.91 Å². The lowest BCUT2D eigenvalue weighted by Crippen LogP contribution is -2.59. The van der Waals surface area contributed by atoms with Crippen LogP contribution in [0.1, 0.15) is 31.4 Å². The molecule has 5 rings (SSSR count). The van der Waals surface area contributed by atoms with Crippen molar-refractivity contribution in [2.45, 2.75) is 56.2 Å². The summed E-state index contributed by atoms with van der Waals surface area (Å²) in [5, 5.41) is 10.2. The maximum absolute atomic E-state index is 14.9. The zero-order valence-corrected chi connectivity index (χ0v) is 25.7. The largest absolute Gasteiger partial charge is 0.394 e. The van der Waals surface area contributed by atoms with Gasteiger partial charge in [0.1, 0.15) is 6.04 Å². The number of likely N-dealkylation sites (tertiary alicyclic amines) is 1. The summed E-state index contributed by atoms with van der Waals surface area (Å²) >= 11 is 1.64. The van der Waals surface area contributed by atoms with Crippen molar-refractivity contribution < 1.29 is 19.5 Å². The van der Waals surface area contributed by atoms with Crippen molar-refractivity contribution in [3.63, 3.8) is 0 Å².